The summed E-state index contributed by atoms with van der Waals surface area (Å²) in [5.41, 5.74) is 0.960. The summed E-state index contributed by atoms with van der Waals surface area (Å²) in [4.78, 5) is 16.3. The minimum atomic E-state index is -0.404. The van der Waals surface area contributed by atoms with E-state index in [1.165, 1.54) is 10.8 Å². The molecule has 1 fully saturated rings. The summed E-state index contributed by atoms with van der Waals surface area (Å²) in [5, 5.41) is 5.20. The summed E-state index contributed by atoms with van der Waals surface area (Å²) in [5.74, 6) is 1.20. The molecule has 0 bridgehead atoms. The highest BCUT2D eigenvalue weighted by molar-refractivity contribution is 6.39. The van der Waals surface area contributed by atoms with Crippen LogP contribution >= 0.6 is 23.2 Å². The minimum absolute atomic E-state index is 0.199. The van der Waals surface area contributed by atoms with E-state index in [1.54, 1.807) is 30.3 Å². The van der Waals surface area contributed by atoms with Gasteiger partial charge >= 0.3 is 0 Å². The first-order valence-electron chi connectivity index (χ1n) is 8.02. The average molecular weight is 376 g/mol. The van der Waals surface area contributed by atoms with Gasteiger partial charge in [-0.15, -0.1) is 5.10 Å². The number of hydrogen-bond donors (Lipinski definition) is 0. The van der Waals surface area contributed by atoms with Crippen LogP contribution in [0.3, 0.4) is 0 Å². The van der Waals surface area contributed by atoms with Crippen molar-refractivity contribution < 1.29 is 4.74 Å². The molecule has 25 heavy (non-hydrogen) atoms. The second kappa shape index (κ2) is 6.32. The van der Waals surface area contributed by atoms with E-state index >= 15 is 0 Å². The summed E-state index contributed by atoms with van der Waals surface area (Å²) in [6.45, 7) is 2.20. The second-order valence-electron chi connectivity index (χ2n) is 6.34. The van der Waals surface area contributed by atoms with Crippen LogP contribution in [0.4, 0.5) is 0 Å². The van der Waals surface area contributed by atoms with Gasteiger partial charge in [0.05, 0.1) is 21.1 Å². The summed E-state index contributed by atoms with van der Waals surface area (Å²) in [7, 11) is 0. The molecule has 1 aliphatic rings. The van der Waals surface area contributed by atoms with Gasteiger partial charge in [0, 0.05) is 11.6 Å². The van der Waals surface area contributed by atoms with Crippen LogP contribution in [-0.2, 0) is 0 Å². The van der Waals surface area contributed by atoms with E-state index in [-0.39, 0.29) is 6.10 Å². The molecule has 7 heteroatoms. The molecule has 0 saturated heterocycles. The number of ether oxygens (including phenoxy) is 1. The fourth-order valence-electron chi connectivity index (χ4n) is 3.12. The molecule has 0 radical (unpaired) electrons. The molecule has 3 aromatic rings. The maximum absolute atomic E-state index is 12.4. The topological polar surface area (TPSA) is 56.5 Å². The Hall–Kier alpha value is -2.11. The molecule has 0 aliphatic heterocycles. The lowest BCUT2D eigenvalue weighted by molar-refractivity contribution is 0.0683. The molecule has 1 aromatic carbocycles. The van der Waals surface area contributed by atoms with E-state index in [1.807, 2.05) is 0 Å². The highest BCUT2D eigenvalue weighted by Gasteiger charge is 2.27. The van der Waals surface area contributed by atoms with Crippen molar-refractivity contribution in [2.24, 2.45) is 5.92 Å². The summed E-state index contributed by atoms with van der Waals surface area (Å²) >= 11 is 12.5. The van der Waals surface area contributed by atoms with E-state index < -0.39 is 5.56 Å². The van der Waals surface area contributed by atoms with Crippen LogP contribution in [0.15, 0.2) is 41.5 Å². The lowest BCUT2D eigenvalue weighted by Gasteiger charge is -2.32. The maximum atomic E-state index is 12.4. The van der Waals surface area contributed by atoms with E-state index in [4.69, 9.17) is 27.9 Å². The zero-order chi connectivity index (χ0) is 17.6. The largest absolute Gasteiger partial charge is 0.473 e. The molecule has 0 atom stereocenters. The quantitative estimate of drug-likeness (QED) is 0.686. The third kappa shape index (κ3) is 2.98. The SMILES string of the molecule is CC1CC(Oc2ccc3c(-c4c(Cl)cccc4Cl)c(=O)ncn3n2)C1. The molecule has 128 valence electrons. The highest BCUT2D eigenvalue weighted by Crippen LogP contribution is 2.35. The number of hydrogen-bond acceptors (Lipinski definition) is 4. The summed E-state index contributed by atoms with van der Waals surface area (Å²) in [6.07, 6.45) is 3.64. The zero-order valence-corrected chi connectivity index (χ0v) is 15.0. The minimum Gasteiger partial charge on any atom is -0.473 e. The van der Waals surface area contributed by atoms with E-state index in [0.29, 0.717) is 38.5 Å². The number of rotatable bonds is 3. The number of fused-ring (bicyclic) bond motifs is 1. The van der Waals surface area contributed by atoms with Crippen LogP contribution in [0.5, 0.6) is 5.88 Å². The van der Waals surface area contributed by atoms with E-state index in [2.05, 4.69) is 17.0 Å². The third-order valence-electron chi connectivity index (χ3n) is 4.42. The van der Waals surface area contributed by atoms with Crippen molar-refractivity contribution in [2.45, 2.75) is 25.9 Å². The van der Waals surface area contributed by atoms with Crippen molar-refractivity contribution in [2.75, 3.05) is 0 Å². The number of nitrogens with zero attached hydrogens (tertiary/aromatic N) is 3. The standard InChI is InChI=1S/C18H15Cl2N3O2/c1-10-7-11(8-10)25-15-6-5-14-17(18(24)21-9-23(14)22-15)16-12(19)3-2-4-13(16)20/h2-6,9-11H,7-8H2,1H3. The number of benzene rings is 1. The van der Waals surface area contributed by atoms with Gasteiger partial charge in [0.25, 0.3) is 5.56 Å². The van der Waals surface area contributed by atoms with Crippen LogP contribution in [0.1, 0.15) is 19.8 Å². The van der Waals surface area contributed by atoms with Crippen LogP contribution < -0.4 is 10.3 Å². The molecule has 2 heterocycles. The molecule has 2 aromatic heterocycles. The van der Waals surface area contributed by atoms with Crippen LogP contribution in [-0.4, -0.2) is 20.7 Å². The highest BCUT2D eigenvalue weighted by atomic mass is 35.5. The zero-order valence-electron chi connectivity index (χ0n) is 13.4. The fourth-order valence-corrected chi connectivity index (χ4v) is 3.70. The average Bonchev–Trinajstić information content (AvgIpc) is 2.55. The normalized spacial score (nSPS) is 19.6. The van der Waals surface area contributed by atoms with Crippen molar-refractivity contribution in [1.29, 1.82) is 0 Å². The molecule has 0 amide bonds. The molecular formula is C18H15Cl2N3O2. The Morgan fingerprint density at radius 3 is 2.52 bits per heavy atom. The molecule has 5 nitrogen and oxygen atoms in total. The first-order valence-corrected chi connectivity index (χ1v) is 8.78. The first kappa shape index (κ1) is 16.4. The molecule has 0 spiro atoms. The van der Waals surface area contributed by atoms with Gasteiger partial charge in [0.1, 0.15) is 12.4 Å². The van der Waals surface area contributed by atoms with Gasteiger partial charge in [-0.1, -0.05) is 36.2 Å². The Bertz CT molecular complexity index is 993. The Morgan fingerprint density at radius 1 is 1.12 bits per heavy atom. The van der Waals surface area contributed by atoms with E-state index in [9.17, 15) is 4.79 Å². The van der Waals surface area contributed by atoms with Crippen LogP contribution in [0.25, 0.3) is 16.6 Å². The molecule has 0 N–H and O–H groups in total. The molecule has 1 aliphatic carbocycles. The van der Waals surface area contributed by atoms with Gasteiger partial charge in [0.2, 0.25) is 5.88 Å². The monoisotopic (exact) mass is 375 g/mol. The third-order valence-corrected chi connectivity index (χ3v) is 5.05. The van der Waals surface area contributed by atoms with Gasteiger partial charge in [-0.3, -0.25) is 4.79 Å². The second-order valence-corrected chi connectivity index (χ2v) is 7.15. The summed E-state index contributed by atoms with van der Waals surface area (Å²) < 4.78 is 7.38. The fraction of sp³-hybridized carbons (Fsp3) is 0.278. The smallest absolute Gasteiger partial charge is 0.281 e. The Balaban J connectivity index is 1.82. The maximum Gasteiger partial charge on any atom is 0.281 e. The molecule has 1 saturated carbocycles. The molecule has 4 rings (SSSR count). The van der Waals surface area contributed by atoms with Gasteiger partial charge in [-0.2, -0.15) is 4.98 Å². The number of halogens is 2. The lowest BCUT2D eigenvalue weighted by Crippen LogP contribution is -2.32. The summed E-state index contributed by atoms with van der Waals surface area (Å²) in [6, 6.07) is 8.64. The predicted octanol–water partition coefficient (Wildman–Crippen LogP) is 4.24. The van der Waals surface area contributed by atoms with Gasteiger partial charge in [-0.25, -0.2) is 4.52 Å². The Labute approximate surface area is 154 Å². The Kier molecular flexibility index (Phi) is 4.13. The van der Waals surface area contributed by atoms with Crippen LogP contribution in [0.2, 0.25) is 10.0 Å². The van der Waals surface area contributed by atoms with Crippen molar-refractivity contribution in [3.05, 3.63) is 57.1 Å². The Morgan fingerprint density at radius 2 is 1.84 bits per heavy atom. The van der Waals surface area contributed by atoms with Gasteiger partial charge in [-0.05, 0) is 37.0 Å². The van der Waals surface area contributed by atoms with Crippen molar-refractivity contribution >= 4 is 28.7 Å². The number of aromatic nitrogens is 3. The molecular weight excluding hydrogens is 361 g/mol. The van der Waals surface area contributed by atoms with Crippen LogP contribution in [0, 0.1) is 5.92 Å². The first-order chi connectivity index (χ1) is 12.0. The van der Waals surface area contributed by atoms with E-state index in [0.717, 1.165) is 12.8 Å². The van der Waals surface area contributed by atoms with Crippen molar-refractivity contribution in [3.63, 3.8) is 0 Å². The molecule has 0 unspecified atom stereocenters. The van der Waals surface area contributed by atoms with Gasteiger partial charge in [0.15, 0.2) is 0 Å². The lowest BCUT2D eigenvalue weighted by atomic mass is 9.84. The predicted molar refractivity (Wildman–Crippen MR) is 97.5 cm³/mol. The van der Waals surface area contributed by atoms with Crippen molar-refractivity contribution in [3.8, 4) is 17.0 Å². The van der Waals surface area contributed by atoms with Crippen molar-refractivity contribution in [1.82, 2.24) is 14.6 Å². The van der Waals surface area contributed by atoms with Gasteiger partial charge < -0.3 is 4.74 Å².